The number of carbonyl (C=O) groups excluding carboxylic acids is 3. The van der Waals surface area contributed by atoms with Gasteiger partial charge in [0.2, 0.25) is 0 Å². The number of carbonyl (C=O) groups is 3. The summed E-state index contributed by atoms with van der Waals surface area (Å²) in [5.74, 6) is -0.909. The number of allylic oxidation sites excluding steroid dienone is 1. The molecule has 0 aliphatic heterocycles. The van der Waals surface area contributed by atoms with E-state index in [0.717, 1.165) is 18.9 Å². The van der Waals surface area contributed by atoms with Crippen molar-refractivity contribution in [1.82, 2.24) is 0 Å². The van der Waals surface area contributed by atoms with Gasteiger partial charge in [0.05, 0.1) is 18.6 Å². The summed E-state index contributed by atoms with van der Waals surface area (Å²) in [6, 6.07) is 0. The Hall–Kier alpha value is -1.65. The Bertz CT molecular complexity index is 369. The molecule has 0 spiro atoms. The summed E-state index contributed by atoms with van der Waals surface area (Å²) < 4.78 is 9.90. The van der Waals surface area contributed by atoms with Gasteiger partial charge >= 0.3 is 11.9 Å². The van der Waals surface area contributed by atoms with Gasteiger partial charge in [0.1, 0.15) is 0 Å². The van der Waals surface area contributed by atoms with Crippen LogP contribution in [0.25, 0.3) is 0 Å². The Morgan fingerprint density at radius 3 is 2.19 bits per heavy atom. The molecule has 0 bridgehead atoms. The Balaban J connectivity index is 3.65. The molecule has 0 N–H and O–H groups in total. The van der Waals surface area contributed by atoms with E-state index in [0.29, 0.717) is 19.4 Å². The second-order valence-electron chi connectivity index (χ2n) is 5.42. The Kier molecular flexibility index (Phi) is 10.2. The molecular formula is C16H26O5. The van der Waals surface area contributed by atoms with Gasteiger partial charge in [-0.05, 0) is 39.2 Å². The number of ether oxygens (including phenoxy) is 2. The minimum absolute atomic E-state index is 0.102. The highest BCUT2D eigenvalue weighted by Crippen LogP contribution is 2.04. The molecule has 0 saturated heterocycles. The van der Waals surface area contributed by atoms with E-state index in [9.17, 15) is 14.4 Å². The van der Waals surface area contributed by atoms with Crippen molar-refractivity contribution in [2.75, 3.05) is 6.61 Å². The van der Waals surface area contributed by atoms with Crippen molar-refractivity contribution in [1.29, 1.82) is 0 Å². The first-order valence-corrected chi connectivity index (χ1v) is 7.41. The van der Waals surface area contributed by atoms with Crippen LogP contribution in [0.15, 0.2) is 12.2 Å². The van der Waals surface area contributed by atoms with Crippen molar-refractivity contribution in [3.63, 3.8) is 0 Å². The summed E-state index contributed by atoms with van der Waals surface area (Å²) >= 11 is 0. The van der Waals surface area contributed by atoms with Crippen molar-refractivity contribution in [3.8, 4) is 0 Å². The maximum absolute atomic E-state index is 11.5. The van der Waals surface area contributed by atoms with Crippen LogP contribution in [-0.2, 0) is 23.9 Å². The molecule has 0 aromatic carbocycles. The maximum atomic E-state index is 11.5. The summed E-state index contributed by atoms with van der Waals surface area (Å²) in [6.07, 6.45) is 4.86. The predicted molar refractivity (Wildman–Crippen MR) is 79.6 cm³/mol. The number of hydrogen-bond acceptors (Lipinski definition) is 5. The standard InChI is InChI=1S/C16H26O5/c1-12(2)16(19)20-11-7-5-6-8-14(17)9-10-15(18)21-13(3)4/h9-10,12-13H,5-8,11H2,1-4H3/b10-9+. The predicted octanol–water partition coefficient (Wildman–Crippen LogP) is 2.82. The van der Waals surface area contributed by atoms with Gasteiger partial charge in [-0.3, -0.25) is 9.59 Å². The summed E-state index contributed by atoms with van der Waals surface area (Å²) in [4.78, 5) is 33.8. The van der Waals surface area contributed by atoms with Crippen molar-refractivity contribution in [2.24, 2.45) is 5.92 Å². The molecule has 0 aliphatic carbocycles. The molecule has 0 heterocycles. The summed E-state index contributed by atoms with van der Waals surface area (Å²) in [5, 5.41) is 0. The van der Waals surface area contributed by atoms with Gasteiger partial charge in [0, 0.05) is 12.5 Å². The van der Waals surface area contributed by atoms with E-state index < -0.39 is 5.97 Å². The average molecular weight is 298 g/mol. The molecular weight excluding hydrogens is 272 g/mol. The van der Waals surface area contributed by atoms with E-state index in [2.05, 4.69) is 0 Å². The zero-order chi connectivity index (χ0) is 16.3. The topological polar surface area (TPSA) is 69.7 Å². The summed E-state index contributed by atoms with van der Waals surface area (Å²) in [6.45, 7) is 7.47. The first-order chi connectivity index (χ1) is 9.82. The summed E-state index contributed by atoms with van der Waals surface area (Å²) in [7, 11) is 0. The van der Waals surface area contributed by atoms with Crippen LogP contribution in [0.4, 0.5) is 0 Å². The zero-order valence-corrected chi connectivity index (χ0v) is 13.4. The highest BCUT2D eigenvalue weighted by atomic mass is 16.5. The maximum Gasteiger partial charge on any atom is 0.331 e. The van der Waals surface area contributed by atoms with Gasteiger partial charge in [-0.15, -0.1) is 0 Å². The summed E-state index contributed by atoms with van der Waals surface area (Å²) in [5.41, 5.74) is 0. The van der Waals surface area contributed by atoms with E-state index in [4.69, 9.17) is 9.47 Å². The first kappa shape index (κ1) is 19.4. The molecule has 120 valence electrons. The molecule has 0 aliphatic rings. The van der Waals surface area contributed by atoms with E-state index in [-0.39, 0.29) is 23.8 Å². The highest BCUT2D eigenvalue weighted by molar-refractivity contribution is 5.95. The minimum Gasteiger partial charge on any atom is -0.465 e. The average Bonchev–Trinajstić information content (AvgIpc) is 2.39. The van der Waals surface area contributed by atoms with Crippen LogP contribution < -0.4 is 0 Å². The second-order valence-corrected chi connectivity index (χ2v) is 5.42. The van der Waals surface area contributed by atoms with Gasteiger partial charge in [0.25, 0.3) is 0 Å². The molecule has 0 amide bonds. The third-order valence-electron chi connectivity index (χ3n) is 2.54. The van der Waals surface area contributed by atoms with E-state index in [1.54, 1.807) is 27.7 Å². The lowest BCUT2D eigenvalue weighted by molar-refractivity contribution is -0.147. The molecule has 0 unspecified atom stereocenters. The van der Waals surface area contributed by atoms with Crippen LogP contribution in [0.5, 0.6) is 0 Å². The third-order valence-corrected chi connectivity index (χ3v) is 2.54. The van der Waals surface area contributed by atoms with E-state index in [1.165, 1.54) is 6.08 Å². The van der Waals surface area contributed by atoms with Crippen molar-refractivity contribution < 1.29 is 23.9 Å². The van der Waals surface area contributed by atoms with E-state index in [1.807, 2.05) is 0 Å². The fraction of sp³-hybridized carbons (Fsp3) is 0.688. The smallest absolute Gasteiger partial charge is 0.331 e. The zero-order valence-electron chi connectivity index (χ0n) is 13.4. The molecule has 0 aromatic rings. The Morgan fingerprint density at radius 2 is 1.62 bits per heavy atom. The number of unbranched alkanes of at least 4 members (excludes halogenated alkanes) is 2. The highest BCUT2D eigenvalue weighted by Gasteiger charge is 2.07. The van der Waals surface area contributed by atoms with Crippen LogP contribution in [0.1, 0.15) is 53.4 Å². The quantitative estimate of drug-likeness (QED) is 0.352. The Morgan fingerprint density at radius 1 is 0.952 bits per heavy atom. The van der Waals surface area contributed by atoms with Crippen molar-refractivity contribution in [3.05, 3.63) is 12.2 Å². The number of esters is 2. The van der Waals surface area contributed by atoms with Crippen LogP contribution >= 0.6 is 0 Å². The van der Waals surface area contributed by atoms with Gasteiger partial charge < -0.3 is 9.47 Å². The van der Waals surface area contributed by atoms with Crippen LogP contribution in [0, 0.1) is 5.92 Å². The molecule has 0 aromatic heterocycles. The lowest BCUT2D eigenvalue weighted by atomic mass is 10.1. The van der Waals surface area contributed by atoms with Gasteiger partial charge in [-0.2, -0.15) is 0 Å². The molecule has 5 heteroatoms. The monoisotopic (exact) mass is 298 g/mol. The lowest BCUT2D eigenvalue weighted by Crippen LogP contribution is -2.12. The fourth-order valence-corrected chi connectivity index (χ4v) is 1.43. The van der Waals surface area contributed by atoms with Gasteiger partial charge in [0.15, 0.2) is 5.78 Å². The molecule has 21 heavy (non-hydrogen) atoms. The van der Waals surface area contributed by atoms with Crippen LogP contribution in [0.2, 0.25) is 0 Å². The first-order valence-electron chi connectivity index (χ1n) is 7.41. The Labute approximate surface area is 126 Å². The largest absolute Gasteiger partial charge is 0.465 e. The second kappa shape index (κ2) is 11.1. The van der Waals surface area contributed by atoms with Gasteiger partial charge in [-0.25, -0.2) is 4.79 Å². The molecule has 0 rings (SSSR count). The molecule has 0 radical (unpaired) electrons. The number of hydrogen-bond donors (Lipinski definition) is 0. The van der Waals surface area contributed by atoms with Crippen molar-refractivity contribution >= 4 is 17.7 Å². The van der Waals surface area contributed by atoms with E-state index >= 15 is 0 Å². The third kappa shape index (κ3) is 11.8. The normalized spacial score (nSPS) is 11.1. The molecule has 0 atom stereocenters. The molecule has 0 saturated carbocycles. The minimum atomic E-state index is -0.501. The van der Waals surface area contributed by atoms with Gasteiger partial charge in [-0.1, -0.05) is 13.8 Å². The van der Waals surface area contributed by atoms with Crippen LogP contribution in [0.3, 0.4) is 0 Å². The SMILES string of the molecule is CC(C)OC(=O)/C=C/C(=O)CCCCCOC(=O)C(C)C. The number of ketones is 1. The number of rotatable bonds is 10. The lowest BCUT2D eigenvalue weighted by Gasteiger charge is -2.06. The molecule has 0 fully saturated rings. The fourth-order valence-electron chi connectivity index (χ4n) is 1.43. The van der Waals surface area contributed by atoms with Crippen LogP contribution in [-0.4, -0.2) is 30.4 Å². The molecule has 5 nitrogen and oxygen atoms in total. The van der Waals surface area contributed by atoms with Crippen molar-refractivity contribution in [2.45, 2.75) is 59.5 Å².